The van der Waals surface area contributed by atoms with Gasteiger partial charge in [0.25, 0.3) is 5.78 Å². The number of para-hydroxylation sites is 2. The van der Waals surface area contributed by atoms with Crippen LogP contribution in [0.2, 0.25) is 0 Å². The number of rotatable bonds is 6. The lowest BCUT2D eigenvalue weighted by Gasteiger charge is -2.15. The molecule has 160 valence electrons. The lowest BCUT2D eigenvalue weighted by Crippen LogP contribution is -2.32. The number of hydrogen-bond donors (Lipinski definition) is 2. The molecule has 1 amide bonds. The summed E-state index contributed by atoms with van der Waals surface area (Å²) in [6.07, 6.45) is 1.45. The molecule has 0 fully saturated rings. The number of carbonyl (C=O) groups excluding carboxylic acids is 1. The molecule has 2 aromatic carbocycles. The molecule has 0 aliphatic heterocycles. The van der Waals surface area contributed by atoms with Gasteiger partial charge in [0.05, 0.1) is 11.0 Å². The summed E-state index contributed by atoms with van der Waals surface area (Å²) in [4.78, 5) is 34.0. The molecule has 0 bridgehead atoms. The molecule has 32 heavy (non-hydrogen) atoms. The van der Waals surface area contributed by atoms with Gasteiger partial charge in [-0.3, -0.25) is 9.59 Å². The third-order valence-corrected chi connectivity index (χ3v) is 5.31. The summed E-state index contributed by atoms with van der Waals surface area (Å²) in [7, 11) is 0. The fraction of sp³-hybridized carbons (Fsp3) is 0.174. The number of amides is 1. The molecule has 2 N–H and O–H groups in total. The number of fused-ring (bicyclic) bond motifs is 3. The van der Waals surface area contributed by atoms with Crippen LogP contribution in [0.4, 0.5) is 5.82 Å². The minimum Gasteiger partial charge on any atom is -0.368 e. The van der Waals surface area contributed by atoms with Crippen molar-refractivity contribution in [2.24, 2.45) is 0 Å². The minimum atomic E-state index is -0.137. The van der Waals surface area contributed by atoms with Crippen molar-refractivity contribution in [1.82, 2.24) is 29.5 Å². The summed E-state index contributed by atoms with van der Waals surface area (Å²) >= 11 is 0. The van der Waals surface area contributed by atoms with E-state index in [4.69, 9.17) is 0 Å². The Kier molecular flexibility index (Phi) is 4.98. The molecular formula is C23H21N7O2. The maximum atomic E-state index is 12.8. The Labute approximate surface area is 182 Å². The summed E-state index contributed by atoms with van der Waals surface area (Å²) in [5.41, 5.74) is 2.29. The maximum absolute atomic E-state index is 12.8. The van der Waals surface area contributed by atoms with Gasteiger partial charge in [0.1, 0.15) is 18.7 Å². The van der Waals surface area contributed by atoms with Crippen molar-refractivity contribution in [3.63, 3.8) is 0 Å². The van der Waals surface area contributed by atoms with Crippen LogP contribution in [0, 0.1) is 6.92 Å². The molecule has 0 spiro atoms. The molecule has 0 radical (unpaired) electrons. The standard InChI is InChI=1S/C23H21N7O2/c1-15-12-20(30-23(28-15)26-14-27-30)24-10-11-25-21(31)13-29-18-8-4-2-6-16(18)22(32)17-7-3-5-9-19(17)29/h2-9,12,14,24H,10-11,13H2,1H3,(H,25,31). The summed E-state index contributed by atoms with van der Waals surface area (Å²) < 4.78 is 3.51. The first-order valence-electron chi connectivity index (χ1n) is 10.3. The molecule has 9 nitrogen and oxygen atoms in total. The number of nitrogens with zero attached hydrogens (tertiary/aromatic N) is 5. The Morgan fingerprint density at radius 3 is 2.41 bits per heavy atom. The number of pyridine rings is 1. The quantitative estimate of drug-likeness (QED) is 0.318. The topological polar surface area (TPSA) is 106 Å². The lowest BCUT2D eigenvalue weighted by atomic mass is 10.1. The van der Waals surface area contributed by atoms with Gasteiger partial charge in [0.2, 0.25) is 5.91 Å². The summed E-state index contributed by atoms with van der Waals surface area (Å²) in [5, 5.41) is 11.6. The van der Waals surface area contributed by atoms with Crippen molar-refractivity contribution < 1.29 is 4.79 Å². The van der Waals surface area contributed by atoms with Crippen LogP contribution in [0.15, 0.2) is 65.7 Å². The van der Waals surface area contributed by atoms with Gasteiger partial charge in [-0.05, 0) is 31.2 Å². The van der Waals surface area contributed by atoms with Gasteiger partial charge in [-0.15, -0.1) is 0 Å². The highest BCUT2D eigenvalue weighted by Crippen LogP contribution is 2.19. The molecule has 5 aromatic rings. The van der Waals surface area contributed by atoms with Gasteiger partial charge >= 0.3 is 0 Å². The third-order valence-electron chi connectivity index (χ3n) is 5.31. The van der Waals surface area contributed by atoms with Crippen LogP contribution in [0.1, 0.15) is 5.69 Å². The van der Waals surface area contributed by atoms with Gasteiger partial charge in [-0.25, -0.2) is 4.98 Å². The first-order chi connectivity index (χ1) is 15.6. The zero-order chi connectivity index (χ0) is 22.1. The SMILES string of the molecule is Cc1cc(NCCNC(=O)Cn2c3ccccc3c(=O)c3ccccc32)n2ncnc2n1. The zero-order valence-electron chi connectivity index (χ0n) is 17.4. The van der Waals surface area contributed by atoms with E-state index in [0.717, 1.165) is 22.5 Å². The molecule has 0 atom stereocenters. The van der Waals surface area contributed by atoms with Crippen LogP contribution in [0.25, 0.3) is 27.6 Å². The zero-order valence-corrected chi connectivity index (χ0v) is 17.4. The molecule has 0 unspecified atom stereocenters. The number of anilines is 1. The van der Waals surface area contributed by atoms with E-state index in [1.807, 2.05) is 54.0 Å². The number of aromatic nitrogens is 5. The smallest absolute Gasteiger partial charge is 0.254 e. The number of benzene rings is 2. The van der Waals surface area contributed by atoms with Crippen LogP contribution in [0.5, 0.6) is 0 Å². The molecule has 0 saturated carbocycles. The predicted molar refractivity (Wildman–Crippen MR) is 123 cm³/mol. The van der Waals surface area contributed by atoms with Crippen molar-refractivity contribution in [3.8, 4) is 0 Å². The van der Waals surface area contributed by atoms with Crippen molar-refractivity contribution in [3.05, 3.63) is 76.8 Å². The van der Waals surface area contributed by atoms with E-state index in [0.29, 0.717) is 29.6 Å². The number of carbonyl (C=O) groups is 1. The third kappa shape index (κ3) is 3.53. The van der Waals surface area contributed by atoms with Crippen molar-refractivity contribution in [2.45, 2.75) is 13.5 Å². The lowest BCUT2D eigenvalue weighted by molar-refractivity contribution is -0.121. The molecule has 0 aliphatic rings. The minimum absolute atomic E-state index is 0.0240. The molecule has 3 heterocycles. The van der Waals surface area contributed by atoms with Gasteiger partial charge < -0.3 is 15.2 Å². The maximum Gasteiger partial charge on any atom is 0.254 e. The Morgan fingerprint density at radius 1 is 1.00 bits per heavy atom. The van der Waals surface area contributed by atoms with E-state index < -0.39 is 0 Å². The second-order valence-corrected chi connectivity index (χ2v) is 7.48. The van der Waals surface area contributed by atoms with Gasteiger partial charge in [0.15, 0.2) is 5.43 Å². The Bertz CT molecular complexity index is 1460. The molecule has 3 aromatic heterocycles. The number of hydrogen-bond acceptors (Lipinski definition) is 6. The van der Waals surface area contributed by atoms with E-state index >= 15 is 0 Å². The number of nitrogens with one attached hydrogen (secondary N) is 2. The van der Waals surface area contributed by atoms with Crippen molar-refractivity contribution in [1.29, 1.82) is 0 Å². The summed E-state index contributed by atoms with van der Waals surface area (Å²) in [5.74, 6) is 1.15. The first-order valence-corrected chi connectivity index (χ1v) is 10.3. The normalized spacial score (nSPS) is 11.3. The molecular weight excluding hydrogens is 406 g/mol. The van der Waals surface area contributed by atoms with E-state index in [1.165, 1.54) is 6.33 Å². The largest absolute Gasteiger partial charge is 0.368 e. The Morgan fingerprint density at radius 2 is 1.69 bits per heavy atom. The van der Waals surface area contributed by atoms with E-state index in [-0.39, 0.29) is 17.9 Å². The highest BCUT2D eigenvalue weighted by Gasteiger charge is 2.12. The van der Waals surface area contributed by atoms with Crippen LogP contribution < -0.4 is 16.1 Å². The highest BCUT2D eigenvalue weighted by atomic mass is 16.2. The second-order valence-electron chi connectivity index (χ2n) is 7.48. The van der Waals surface area contributed by atoms with Crippen molar-refractivity contribution >= 4 is 39.3 Å². The molecule has 5 rings (SSSR count). The van der Waals surface area contributed by atoms with Crippen LogP contribution in [-0.4, -0.2) is 43.1 Å². The first kappa shape index (κ1) is 19.7. The van der Waals surface area contributed by atoms with Crippen LogP contribution >= 0.6 is 0 Å². The van der Waals surface area contributed by atoms with Crippen molar-refractivity contribution in [2.75, 3.05) is 18.4 Å². The average Bonchev–Trinajstić information content (AvgIpc) is 3.28. The highest BCUT2D eigenvalue weighted by molar-refractivity contribution is 5.94. The summed E-state index contributed by atoms with van der Waals surface area (Å²) in [6.45, 7) is 2.94. The van der Waals surface area contributed by atoms with Crippen LogP contribution in [0.3, 0.4) is 0 Å². The van der Waals surface area contributed by atoms with Gasteiger partial charge in [-0.2, -0.15) is 14.6 Å². The number of aryl methyl sites for hydroxylation is 1. The predicted octanol–water partition coefficient (Wildman–Crippen LogP) is 2.13. The fourth-order valence-electron chi connectivity index (χ4n) is 3.90. The average molecular weight is 427 g/mol. The van der Waals surface area contributed by atoms with E-state index in [9.17, 15) is 9.59 Å². The van der Waals surface area contributed by atoms with Gasteiger partial charge in [0, 0.05) is 35.6 Å². The Hall–Kier alpha value is -4.27. The van der Waals surface area contributed by atoms with Gasteiger partial charge in [-0.1, -0.05) is 24.3 Å². The molecule has 0 saturated heterocycles. The molecule has 9 heteroatoms. The summed E-state index contributed by atoms with van der Waals surface area (Å²) in [6, 6.07) is 16.6. The van der Waals surface area contributed by atoms with E-state index in [1.54, 1.807) is 16.6 Å². The fourth-order valence-corrected chi connectivity index (χ4v) is 3.90. The monoisotopic (exact) mass is 427 g/mol. The van der Waals surface area contributed by atoms with E-state index in [2.05, 4.69) is 25.7 Å². The second kappa shape index (κ2) is 8.10. The van der Waals surface area contributed by atoms with Crippen LogP contribution in [-0.2, 0) is 11.3 Å². The Balaban J connectivity index is 1.32. The molecule has 0 aliphatic carbocycles.